The Labute approximate surface area is 214 Å². The molecule has 3 aliphatic rings. The number of hydrogen-bond donors (Lipinski definition) is 4. The van der Waals surface area contributed by atoms with E-state index >= 15 is 0 Å². The molecule has 1 heterocycles. The van der Waals surface area contributed by atoms with E-state index in [1.807, 2.05) is 7.11 Å². The lowest BCUT2D eigenvalue weighted by atomic mass is 9.52. The number of methoxy groups -OCH3 is 1. The maximum Gasteiger partial charge on any atom is 0.335 e. The minimum Gasteiger partial charge on any atom is -0.497 e. The number of rotatable bonds is 9. The molecular weight excluding hydrogens is 462 g/mol. The minimum absolute atomic E-state index is 0.441. The summed E-state index contributed by atoms with van der Waals surface area (Å²) >= 11 is 0. The molecular formula is C28H43NO7. The lowest BCUT2D eigenvalue weighted by Crippen LogP contribution is -2.61. The molecule has 0 aromatic heterocycles. The third kappa shape index (κ3) is 5.87. The number of benzene rings is 1. The molecule has 1 saturated heterocycles. The second kappa shape index (κ2) is 12.4. The van der Waals surface area contributed by atoms with Gasteiger partial charge in [-0.2, -0.15) is 0 Å². The van der Waals surface area contributed by atoms with Gasteiger partial charge < -0.3 is 25.2 Å². The summed E-state index contributed by atoms with van der Waals surface area (Å²) in [5.41, 5.74) is 3.70. The summed E-state index contributed by atoms with van der Waals surface area (Å²) in [7, 11) is 1.81. The Kier molecular flexibility index (Phi) is 9.78. The number of aliphatic hydroxyl groups excluding tert-OH is 2. The number of hydrogen-bond acceptors (Lipinski definition) is 6. The van der Waals surface area contributed by atoms with Crippen molar-refractivity contribution >= 4 is 11.9 Å². The molecule has 2 fully saturated rings. The Hall–Kier alpha value is -2.16. The largest absolute Gasteiger partial charge is 0.497 e. The van der Waals surface area contributed by atoms with E-state index in [0.717, 1.165) is 23.6 Å². The van der Waals surface area contributed by atoms with E-state index in [9.17, 15) is 9.59 Å². The second-order valence-electron chi connectivity index (χ2n) is 10.6. The van der Waals surface area contributed by atoms with Gasteiger partial charge in [-0.3, -0.25) is 4.90 Å². The van der Waals surface area contributed by atoms with Gasteiger partial charge in [-0.05, 0) is 80.3 Å². The first-order chi connectivity index (χ1) is 17.2. The number of carboxylic acid groups (broad SMARTS) is 2. The van der Waals surface area contributed by atoms with Crippen molar-refractivity contribution in [1.82, 2.24) is 4.90 Å². The summed E-state index contributed by atoms with van der Waals surface area (Å²) in [6, 6.07) is 7.73. The highest BCUT2D eigenvalue weighted by molar-refractivity contribution is 5.83. The highest BCUT2D eigenvalue weighted by Crippen LogP contribution is 2.56. The number of fused-ring (bicyclic) bond motifs is 1. The quantitative estimate of drug-likeness (QED) is 0.402. The van der Waals surface area contributed by atoms with E-state index < -0.39 is 24.1 Å². The van der Waals surface area contributed by atoms with Crippen molar-refractivity contribution in [3.63, 3.8) is 0 Å². The molecule has 2 bridgehead atoms. The van der Waals surface area contributed by atoms with Gasteiger partial charge in [0.1, 0.15) is 5.75 Å². The molecule has 1 aromatic rings. The molecule has 4 N–H and O–H groups in total. The van der Waals surface area contributed by atoms with Crippen LogP contribution in [-0.4, -0.2) is 75.7 Å². The zero-order valence-corrected chi connectivity index (χ0v) is 21.9. The summed E-state index contributed by atoms with van der Waals surface area (Å²) in [4.78, 5) is 22.4. The first-order valence-corrected chi connectivity index (χ1v) is 13.4. The molecule has 8 nitrogen and oxygen atoms in total. The maximum atomic E-state index is 9.77. The smallest absolute Gasteiger partial charge is 0.335 e. The fourth-order valence-electron chi connectivity index (χ4n) is 6.78. The van der Waals surface area contributed by atoms with Crippen molar-refractivity contribution in [2.45, 2.75) is 95.3 Å². The van der Waals surface area contributed by atoms with Gasteiger partial charge in [-0.25, -0.2) is 9.59 Å². The zero-order valence-electron chi connectivity index (χ0n) is 21.9. The Balaban J connectivity index is 0.000000308. The molecule has 2 unspecified atom stereocenters. The van der Waals surface area contributed by atoms with Crippen LogP contribution in [0.5, 0.6) is 5.75 Å². The normalized spacial score (nSPS) is 26.6. The summed E-state index contributed by atoms with van der Waals surface area (Å²) in [5.74, 6) is -0.707. The van der Waals surface area contributed by atoms with Gasteiger partial charge in [0.05, 0.1) is 7.11 Å². The molecule has 202 valence electrons. The average Bonchev–Trinajstić information content (AvgIpc) is 2.89. The van der Waals surface area contributed by atoms with E-state index in [-0.39, 0.29) is 0 Å². The molecule has 1 saturated carbocycles. The van der Waals surface area contributed by atoms with Crippen LogP contribution in [0.15, 0.2) is 18.2 Å². The van der Waals surface area contributed by atoms with Gasteiger partial charge >= 0.3 is 11.9 Å². The molecule has 8 heteroatoms. The summed E-state index contributed by atoms with van der Waals surface area (Å²) in [6.45, 7) is 7.34. The molecule has 1 aliphatic heterocycles. The van der Waals surface area contributed by atoms with Gasteiger partial charge in [0.2, 0.25) is 0 Å². The van der Waals surface area contributed by atoms with Crippen molar-refractivity contribution in [2.24, 2.45) is 11.8 Å². The average molecular weight is 506 g/mol. The van der Waals surface area contributed by atoms with E-state index in [4.69, 9.17) is 25.2 Å². The lowest BCUT2D eigenvalue weighted by molar-refractivity contribution is -0.165. The standard InChI is InChI=1S/C24H37NO.C4H6O6/c1-4-18(5-2)11-14-25-15-13-24-12-7-6-8-21(24)23(25)16-19-9-10-20(26-3)17-22(19)24;5-1(3(7)8)2(6)4(9)10/h9-10,17-18,21,23H,4-8,11-16H2,1-3H3;1-2,5-6H,(H,7,8)(H,9,10)/t21-,23+,24+;/m0./s1. The Morgan fingerprint density at radius 3 is 2.33 bits per heavy atom. The molecule has 36 heavy (non-hydrogen) atoms. The molecule has 2 aliphatic carbocycles. The van der Waals surface area contributed by atoms with Crippen molar-refractivity contribution < 1.29 is 34.8 Å². The van der Waals surface area contributed by atoms with Crippen LogP contribution < -0.4 is 4.74 Å². The number of carbonyl (C=O) groups is 2. The van der Waals surface area contributed by atoms with Gasteiger partial charge in [0, 0.05) is 11.5 Å². The molecule has 1 aromatic carbocycles. The molecule has 0 radical (unpaired) electrons. The summed E-state index contributed by atoms with van der Waals surface area (Å²) in [5, 5.41) is 32.5. The maximum absolute atomic E-state index is 9.77. The van der Waals surface area contributed by atoms with Crippen LogP contribution in [0, 0.1) is 11.8 Å². The molecule has 4 rings (SSSR count). The van der Waals surface area contributed by atoms with Crippen molar-refractivity contribution in [1.29, 1.82) is 0 Å². The van der Waals surface area contributed by atoms with Crippen LogP contribution in [0.1, 0.15) is 76.3 Å². The van der Waals surface area contributed by atoms with Crippen molar-refractivity contribution in [3.8, 4) is 5.75 Å². The highest BCUT2D eigenvalue weighted by Gasteiger charge is 2.53. The predicted octanol–water partition coefficient (Wildman–Crippen LogP) is 3.46. The SMILES string of the molecule is CCC(CC)CCN1CC[C@]23CCCC[C@H]2[C@H]1Cc1ccc(OC)cc13.O=C(O)C(O)C(O)C(=O)O. The van der Waals surface area contributed by atoms with Gasteiger partial charge in [-0.15, -0.1) is 0 Å². The third-order valence-electron chi connectivity index (χ3n) is 8.94. The van der Waals surface area contributed by atoms with Crippen LogP contribution in [0.3, 0.4) is 0 Å². The van der Waals surface area contributed by atoms with Crippen molar-refractivity contribution in [2.75, 3.05) is 20.2 Å². The number of ether oxygens (including phenoxy) is 1. The van der Waals surface area contributed by atoms with Crippen LogP contribution in [-0.2, 0) is 21.4 Å². The van der Waals surface area contributed by atoms with Gasteiger partial charge in [0.15, 0.2) is 12.2 Å². The minimum atomic E-state index is -2.27. The van der Waals surface area contributed by atoms with E-state index in [1.165, 1.54) is 70.9 Å². The Bertz CT molecular complexity index is 884. The van der Waals surface area contributed by atoms with Gasteiger partial charge in [0.25, 0.3) is 0 Å². The number of carboxylic acids is 2. The number of nitrogens with zero attached hydrogens (tertiary/aromatic N) is 1. The van der Waals surface area contributed by atoms with Crippen LogP contribution >= 0.6 is 0 Å². The first kappa shape index (κ1) is 28.4. The van der Waals surface area contributed by atoms with Crippen LogP contribution in [0.2, 0.25) is 0 Å². The topological polar surface area (TPSA) is 128 Å². The third-order valence-corrected chi connectivity index (χ3v) is 8.94. The lowest BCUT2D eigenvalue weighted by Gasteiger charge is -2.59. The number of aliphatic hydroxyl groups is 2. The number of likely N-dealkylation sites (tertiary alicyclic amines) is 1. The van der Waals surface area contributed by atoms with E-state index in [2.05, 4.69) is 36.9 Å². The zero-order chi connectivity index (χ0) is 26.5. The summed E-state index contributed by atoms with van der Waals surface area (Å²) < 4.78 is 5.59. The fourth-order valence-corrected chi connectivity index (χ4v) is 6.78. The Morgan fingerprint density at radius 1 is 1.08 bits per heavy atom. The Morgan fingerprint density at radius 2 is 1.75 bits per heavy atom. The predicted molar refractivity (Wildman–Crippen MR) is 136 cm³/mol. The summed E-state index contributed by atoms with van der Waals surface area (Å²) in [6.07, 6.45) is 7.82. The second-order valence-corrected chi connectivity index (χ2v) is 10.6. The van der Waals surface area contributed by atoms with Gasteiger partial charge in [-0.1, -0.05) is 45.6 Å². The molecule has 0 amide bonds. The number of aliphatic carboxylic acids is 2. The first-order valence-electron chi connectivity index (χ1n) is 13.4. The molecule has 0 spiro atoms. The van der Waals surface area contributed by atoms with Crippen LogP contribution in [0.4, 0.5) is 0 Å². The van der Waals surface area contributed by atoms with E-state index in [0.29, 0.717) is 5.41 Å². The van der Waals surface area contributed by atoms with Crippen molar-refractivity contribution in [3.05, 3.63) is 29.3 Å². The van der Waals surface area contributed by atoms with Crippen LogP contribution in [0.25, 0.3) is 0 Å². The number of piperidine rings is 1. The monoisotopic (exact) mass is 505 g/mol. The highest BCUT2D eigenvalue weighted by atomic mass is 16.5. The fraction of sp³-hybridized carbons (Fsp3) is 0.714. The van der Waals surface area contributed by atoms with E-state index in [1.54, 1.807) is 11.1 Å². The molecule has 5 atom stereocenters.